The fourth-order valence-electron chi connectivity index (χ4n) is 4.40. The summed E-state index contributed by atoms with van der Waals surface area (Å²) in [5.74, 6) is 0. The first kappa shape index (κ1) is 20.3. The number of hydrogen-bond donors (Lipinski definition) is 2. The molecule has 1 saturated carbocycles. The molecule has 1 unspecified atom stereocenters. The lowest BCUT2D eigenvalue weighted by molar-refractivity contribution is -0.113. The maximum Gasteiger partial charge on any atom is 0.261 e. The van der Waals surface area contributed by atoms with Crippen molar-refractivity contribution >= 4 is 18.7 Å². The van der Waals surface area contributed by atoms with Crippen LogP contribution in [0.4, 0.5) is 0 Å². The van der Waals surface area contributed by atoms with Crippen molar-refractivity contribution in [1.82, 2.24) is 0 Å². The smallest absolute Gasteiger partial charge is 0.261 e. The van der Waals surface area contributed by atoms with Crippen molar-refractivity contribution < 1.29 is 14.6 Å². The zero-order valence-corrected chi connectivity index (χ0v) is 17.9. The predicted molar refractivity (Wildman–Crippen MR) is 113 cm³/mol. The van der Waals surface area contributed by atoms with Gasteiger partial charge in [0.1, 0.15) is 0 Å². The van der Waals surface area contributed by atoms with E-state index < -0.39 is 20.0 Å². The topological polar surface area (TPSA) is 49.7 Å². The van der Waals surface area contributed by atoms with Crippen LogP contribution in [0.3, 0.4) is 0 Å². The highest BCUT2D eigenvalue weighted by molar-refractivity contribution is 6.99. The number of aliphatic hydroxyl groups excluding tert-OH is 1. The van der Waals surface area contributed by atoms with Gasteiger partial charge in [0.25, 0.3) is 8.32 Å². The van der Waals surface area contributed by atoms with Gasteiger partial charge in [-0.25, -0.2) is 0 Å². The average Bonchev–Trinajstić information content (AvgIpc) is 2.63. The molecule has 1 aliphatic rings. The van der Waals surface area contributed by atoms with Crippen LogP contribution in [0.5, 0.6) is 0 Å². The molecule has 146 valence electrons. The predicted octanol–water partition coefficient (Wildman–Crippen LogP) is 3.23. The zero-order chi connectivity index (χ0) is 19.7. The summed E-state index contributed by atoms with van der Waals surface area (Å²) in [6.45, 7) is 8.50. The van der Waals surface area contributed by atoms with E-state index in [1.807, 2.05) is 12.1 Å². The molecule has 27 heavy (non-hydrogen) atoms. The first-order valence-electron chi connectivity index (χ1n) is 9.86. The van der Waals surface area contributed by atoms with Gasteiger partial charge in [-0.1, -0.05) is 81.4 Å². The Morgan fingerprint density at radius 1 is 0.926 bits per heavy atom. The van der Waals surface area contributed by atoms with E-state index in [0.29, 0.717) is 12.8 Å². The van der Waals surface area contributed by atoms with Gasteiger partial charge in [0.2, 0.25) is 0 Å². The summed E-state index contributed by atoms with van der Waals surface area (Å²) in [5.41, 5.74) is -1.10. The number of hydrogen-bond acceptors (Lipinski definition) is 3. The zero-order valence-electron chi connectivity index (χ0n) is 16.9. The Morgan fingerprint density at radius 3 is 1.81 bits per heavy atom. The third kappa shape index (κ3) is 3.90. The molecular formula is C23H32O3Si. The van der Waals surface area contributed by atoms with Crippen LogP contribution >= 0.6 is 0 Å². The van der Waals surface area contributed by atoms with E-state index in [-0.39, 0.29) is 11.1 Å². The van der Waals surface area contributed by atoms with Crippen LogP contribution < -0.4 is 10.4 Å². The van der Waals surface area contributed by atoms with Crippen molar-refractivity contribution in [2.45, 2.75) is 69.8 Å². The number of benzene rings is 2. The Balaban J connectivity index is 2.10. The third-order valence-electron chi connectivity index (χ3n) is 5.88. The summed E-state index contributed by atoms with van der Waals surface area (Å²) in [7, 11) is -2.61. The van der Waals surface area contributed by atoms with Gasteiger partial charge in [-0.05, 0) is 35.2 Å². The molecule has 3 rings (SSSR count). The molecule has 1 aliphatic carbocycles. The van der Waals surface area contributed by atoms with Crippen molar-refractivity contribution in [3.05, 3.63) is 60.7 Å². The van der Waals surface area contributed by atoms with Crippen molar-refractivity contribution in [2.24, 2.45) is 0 Å². The molecule has 1 fully saturated rings. The van der Waals surface area contributed by atoms with Gasteiger partial charge in [-0.15, -0.1) is 0 Å². The third-order valence-corrected chi connectivity index (χ3v) is 11.0. The van der Waals surface area contributed by atoms with E-state index in [1.54, 1.807) is 6.92 Å². The Labute approximate surface area is 164 Å². The lowest BCUT2D eigenvalue weighted by atomic mass is 9.82. The molecule has 0 bridgehead atoms. The van der Waals surface area contributed by atoms with E-state index in [2.05, 4.69) is 69.3 Å². The molecule has 4 heteroatoms. The van der Waals surface area contributed by atoms with Crippen LogP contribution in [0.2, 0.25) is 5.04 Å². The summed E-state index contributed by atoms with van der Waals surface area (Å²) in [5, 5.41) is 23.2. The number of aliphatic hydroxyl groups is 2. The monoisotopic (exact) mass is 384 g/mol. The summed E-state index contributed by atoms with van der Waals surface area (Å²) < 4.78 is 7.07. The van der Waals surface area contributed by atoms with Crippen LogP contribution in [-0.2, 0) is 4.43 Å². The fraction of sp³-hybridized carbons (Fsp3) is 0.478. The van der Waals surface area contributed by atoms with Crippen LogP contribution in [0.1, 0.15) is 47.0 Å². The van der Waals surface area contributed by atoms with Gasteiger partial charge < -0.3 is 14.6 Å². The normalized spacial score (nSPS) is 26.7. The van der Waals surface area contributed by atoms with E-state index in [4.69, 9.17) is 4.43 Å². The first-order valence-corrected chi connectivity index (χ1v) is 11.8. The summed E-state index contributed by atoms with van der Waals surface area (Å²) in [4.78, 5) is 0. The molecule has 0 spiro atoms. The highest BCUT2D eigenvalue weighted by atomic mass is 28.4. The van der Waals surface area contributed by atoms with Crippen molar-refractivity contribution in [3.8, 4) is 0 Å². The molecule has 3 nitrogen and oxygen atoms in total. The molecule has 0 saturated heterocycles. The largest absolute Gasteiger partial charge is 0.404 e. The average molecular weight is 385 g/mol. The molecule has 0 amide bonds. The SMILES string of the molecule is CC1(O)C[C@H](O[Si](c2ccccc2)(c2ccccc2)C(C)(C)C)CC[C@@H]1O. The van der Waals surface area contributed by atoms with E-state index >= 15 is 0 Å². The highest BCUT2D eigenvalue weighted by Crippen LogP contribution is 2.40. The molecule has 2 aromatic carbocycles. The van der Waals surface area contributed by atoms with Gasteiger partial charge in [-0.3, -0.25) is 0 Å². The molecule has 3 atom stereocenters. The van der Waals surface area contributed by atoms with E-state index in [9.17, 15) is 10.2 Å². The summed E-state index contributed by atoms with van der Waals surface area (Å²) in [6, 6.07) is 21.1. The van der Waals surface area contributed by atoms with Gasteiger partial charge in [0, 0.05) is 12.5 Å². The standard InChI is InChI=1S/C23H32O3Si/c1-22(2,3)27(19-11-7-5-8-12-19,20-13-9-6-10-14-20)26-18-15-16-21(24)23(4,25)17-18/h5-14,18,21,24-25H,15-17H2,1-4H3/t18-,21+,23?/m1/s1. The lowest BCUT2D eigenvalue weighted by Crippen LogP contribution is -2.68. The Kier molecular flexibility index (Phi) is 5.64. The summed E-state index contributed by atoms with van der Waals surface area (Å²) in [6.07, 6.45) is 1.03. The van der Waals surface area contributed by atoms with Crippen molar-refractivity contribution in [2.75, 3.05) is 0 Å². The summed E-state index contributed by atoms with van der Waals surface area (Å²) >= 11 is 0. The van der Waals surface area contributed by atoms with Gasteiger partial charge >= 0.3 is 0 Å². The van der Waals surface area contributed by atoms with Gasteiger partial charge in [-0.2, -0.15) is 0 Å². The first-order chi connectivity index (χ1) is 12.7. The van der Waals surface area contributed by atoms with Crippen LogP contribution in [0, 0.1) is 0 Å². The minimum atomic E-state index is -2.61. The second-order valence-electron chi connectivity index (χ2n) is 9.06. The Morgan fingerprint density at radius 2 is 1.41 bits per heavy atom. The molecule has 0 aromatic heterocycles. The fourth-order valence-corrected chi connectivity index (χ4v) is 9.11. The lowest BCUT2D eigenvalue weighted by Gasteiger charge is -2.48. The van der Waals surface area contributed by atoms with Crippen LogP contribution in [0.15, 0.2) is 60.7 Å². The molecular weight excluding hydrogens is 352 g/mol. The van der Waals surface area contributed by atoms with Crippen LogP contribution in [0.25, 0.3) is 0 Å². The maximum absolute atomic E-state index is 10.6. The van der Waals surface area contributed by atoms with Crippen molar-refractivity contribution in [3.63, 3.8) is 0 Å². The second kappa shape index (κ2) is 7.51. The second-order valence-corrected chi connectivity index (χ2v) is 13.3. The van der Waals surface area contributed by atoms with Gasteiger partial charge in [0.15, 0.2) is 0 Å². The molecule has 2 N–H and O–H groups in total. The quantitative estimate of drug-likeness (QED) is 0.796. The Bertz CT molecular complexity index is 698. The maximum atomic E-state index is 10.6. The molecule has 2 aromatic rings. The van der Waals surface area contributed by atoms with Gasteiger partial charge in [0.05, 0.1) is 11.7 Å². The van der Waals surface area contributed by atoms with Crippen LogP contribution in [-0.4, -0.2) is 36.3 Å². The number of rotatable bonds is 4. The highest BCUT2D eigenvalue weighted by Gasteiger charge is 2.52. The molecule has 0 radical (unpaired) electrons. The molecule has 0 heterocycles. The van der Waals surface area contributed by atoms with E-state index in [0.717, 1.165) is 6.42 Å². The Hall–Kier alpha value is -1.46. The molecule has 0 aliphatic heterocycles. The minimum absolute atomic E-state index is 0.0743. The van der Waals surface area contributed by atoms with E-state index in [1.165, 1.54) is 10.4 Å². The minimum Gasteiger partial charge on any atom is -0.404 e. The van der Waals surface area contributed by atoms with Crippen molar-refractivity contribution in [1.29, 1.82) is 0 Å².